The third kappa shape index (κ3) is 4.32. The maximum Gasteiger partial charge on any atom is 0.291 e. The number of nitrogens with zero attached hydrogens (tertiary/aromatic N) is 4. The SMILES string of the molecule is O=C(Nc1cn(C2CCC(OI)CC2)nc1-c1ccccn1)c1ccc(-c2cn[nH]c2)o1. The summed E-state index contributed by atoms with van der Waals surface area (Å²) in [5.41, 5.74) is 2.71. The summed E-state index contributed by atoms with van der Waals surface area (Å²) in [6.07, 6.45) is 11.1. The lowest BCUT2D eigenvalue weighted by molar-refractivity contribution is 0.0997. The number of hydrogen-bond acceptors (Lipinski definition) is 6. The average molecular weight is 544 g/mol. The summed E-state index contributed by atoms with van der Waals surface area (Å²) < 4.78 is 13.1. The number of amides is 1. The maximum atomic E-state index is 12.9. The summed E-state index contributed by atoms with van der Waals surface area (Å²) in [6, 6.07) is 9.28. The molecule has 1 aliphatic carbocycles. The van der Waals surface area contributed by atoms with Crippen molar-refractivity contribution in [2.24, 2.45) is 0 Å². The molecule has 32 heavy (non-hydrogen) atoms. The quantitative estimate of drug-likeness (QED) is 0.330. The number of carbonyl (C=O) groups is 1. The minimum absolute atomic E-state index is 0.209. The summed E-state index contributed by atoms with van der Waals surface area (Å²) >= 11 is 1.98. The number of halogens is 1. The number of aromatic nitrogens is 5. The van der Waals surface area contributed by atoms with Gasteiger partial charge >= 0.3 is 0 Å². The Balaban J connectivity index is 1.41. The van der Waals surface area contributed by atoms with Crippen molar-refractivity contribution in [3.8, 4) is 22.7 Å². The van der Waals surface area contributed by atoms with Gasteiger partial charge in [-0.05, 0) is 49.9 Å². The van der Waals surface area contributed by atoms with E-state index in [1.807, 2.05) is 52.1 Å². The van der Waals surface area contributed by atoms with Crippen LogP contribution in [0.3, 0.4) is 0 Å². The smallest absolute Gasteiger partial charge is 0.291 e. The molecule has 1 aliphatic rings. The van der Waals surface area contributed by atoms with Crippen LogP contribution < -0.4 is 5.32 Å². The summed E-state index contributed by atoms with van der Waals surface area (Å²) in [7, 11) is 0. The van der Waals surface area contributed by atoms with Gasteiger partial charge in [-0.3, -0.25) is 19.6 Å². The Bertz CT molecular complexity index is 1180. The summed E-state index contributed by atoms with van der Waals surface area (Å²) in [5, 5.41) is 14.4. The zero-order chi connectivity index (χ0) is 21.9. The molecule has 0 aliphatic heterocycles. The molecule has 2 N–H and O–H groups in total. The van der Waals surface area contributed by atoms with Crippen LogP contribution in [-0.4, -0.2) is 37.0 Å². The molecule has 0 atom stereocenters. The van der Waals surface area contributed by atoms with Gasteiger partial charge in [-0.2, -0.15) is 10.2 Å². The van der Waals surface area contributed by atoms with Gasteiger partial charge < -0.3 is 12.8 Å². The van der Waals surface area contributed by atoms with Crippen LogP contribution in [0.2, 0.25) is 0 Å². The first-order valence-corrected chi connectivity index (χ1v) is 11.3. The van der Waals surface area contributed by atoms with E-state index in [1.54, 1.807) is 30.7 Å². The number of nitrogens with one attached hydrogen (secondary N) is 2. The van der Waals surface area contributed by atoms with Gasteiger partial charge in [-0.15, -0.1) is 0 Å². The molecule has 1 amide bonds. The van der Waals surface area contributed by atoms with Crippen molar-refractivity contribution < 1.29 is 12.3 Å². The third-order valence-electron chi connectivity index (χ3n) is 5.64. The number of rotatable bonds is 6. The topological polar surface area (TPSA) is 111 Å². The molecule has 10 heteroatoms. The molecule has 1 fully saturated rings. The van der Waals surface area contributed by atoms with E-state index in [-0.39, 0.29) is 17.7 Å². The fourth-order valence-corrected chi connectivity index (χ4v) is 4.45. The van der Waals surface area contributed by atoms with Crippen molar-refractivity contribution in [1.29, 1.82) is 0 Å². The molecule has 5 rings (SSSR count). The van der Waals surface area contributed by atoms with Crippen molar-refractivity contribution in [2.75, 3.05) is 5.32 Å². The molecule has 164 valence electrons. The third-order valence-corrected chi connectivity index (χ3v) is 6.36. The Morgan fingerprint density at radius 1 is 1.22 bits per heavy atom. The number of carbonyl (C=O) groups excluding carboxylic acids is 1. The van der Waals surface area contributed by atoms with Gasteiger partial charge in [0.05, 0.1) is 35.3 Å². The van der Waals surface area contributed by atoms with E-state index in [9.17, 15) is 4.79 Å². The number of anilines is 1. The van der Waals surface area contributed by atoms with Gasteiger partial charge in [0.25, 0.3) is 5.91 Å². The molecule has 0 bridgehead atoms. The normalized spacial score (nSPS) is 18.5. The predicted octanol–water partition coefficient (Wildman–Crippen LogP) is 5.03. The van der Waals surface area contributed by atoms with Gasteiger partial charge in [0.2, 0.25) is 0 Å². The molecule has 0 radical (unpaired) electrons. The van der Waals surface area contributed by atoms with Crippen LogP contribution in [0.5, 0.6) is 0 Å². The fraction of sp³-hybridized carbons (Fsp3) is 0.273. The number of pyridine rings is 1. The zero-order valence-electron chi connectivity index (χ0n) is 17.1. The molecule has 0 spiro atoms. The lowest BCUT2D eigenvalue weighted by Crippen LogP contribution is -2.21. The highest BCUT2D eigenvalue weighted by molar-refractivity contribution is 14.1. The van der Waals surface area contributed by atoms with E-state index in [0.717, 1.165) is 31.2 Å². The Morgan fingerprint density at radius 3 is 2.81 bits per heavy atom. The second-order valence-corrected chi connectivity index (χ2v) is 8.22. The Kier molecular flexibility index (Phi) is 6.04. The monoisotopic (exact) mass is 544 g/mol. The fourth-order valence-electron chi connectivity index (χ4n) is 3.95. The van der Waals surface area contributed by atoms with Gasteiger partial charge in [0, 0.05) is 18.6 Å². The zero-order valence-corrected chi connectivity index (χ0v) is 19.2. The van der Waals surface area contributed by atoms with Gasteiger partial charge in [0.1, 0.15) is 34.5 Å². The van der Waals surface area contributed by atoms with Crippen molar-refractivity contribution in [3.63, 3.8) is 0 Å². The largest absolute Gasteiger partial charge is 0.451 e. The van der Waals surface area contributed by atoms with Crippen molar-refractivity contribution in [1.82, 2.24) is 25.0 Å². The van der Waals surface area contributed by atoms with Crippen molar-refractivity contribution >= 4 is 34.6 Å². The predicted molar refractivity (Wildman–Crippen MR) is 126 cm³/mol. The molecule has 0 unspecified atom stereocenters. The van der Waals surface area contributed by atoms with Crippen LogP contribution in [0.4, 0.5) is 5.69 Å². The van der Waals surface area contributed by atoms with E-state index >= 15 is 0 Å². The summed E-state index contributed by atoms with van der Waals surface area (Å²) in [4.78, 5) is 17.4. The molecule has 9 nitrogen and oxygen atoms in total. The maximum absolute atomic E-state index is 12.9. The minimum Gasteiger partial charge on any atom is -0.451 e. The minimum atomic E-state index is -0.349. The van der Waals surface area contributed by atoms with Crippen molar-refractivity contribution in [2.45, 2.75) is 37.8 Å². The van der Waals surface area contributed by atoms with Crippen LogP contribution in [0.15, 0.2) is 59.5 Å². The number of aromatic amines is 1. The molecular weight excluding hydrogens is 523 g/mol. The highest BCUT2D eigenvalue weighted by Gasteiger charge is 2.26. The van der Waals surface area contributed by atoms with E-state index in [4.69, 9.17) is 12.6 Å². The number of furan rings is 1. The molecule has 4 heterocycles. The lowest BCUT2D eigenvalue weighted by Gasteiger charge is -2.26. The number of H-pyrrole nitrogens is 1. The molecule has 4 aromatic rings. The first kappa shape index (κ1) is 20.9. The molecule has 0 saturated heterocycles. The summed E-state index contributed by atoms with van der Waals surface area (Å²) in [5.74, 6) is 0.429. The highest BCUT2D eigenvalue weighted by atomic mass is 127. The standard InChI is InChI=1S/C22H21IN6O3/c23-32-16-6-4-15(5-7-16)29-13-18(21(28-29)17-3-1-2-10-24-17)27-22(30)20-9-8-19(31-20)14-11-25-26-12-14/h1-3,8-13,15-16H,4-7H2,(H,25,26)(H,27,30). The highest BCUT2D eigenvalue weighted by Crippen LogP contribution is 2.34. The first-order chi connectivity index (χ1) is 15.7. The number of hydrogen-bond donors (Lipinski definition) is 2. The van der Waals surface area contributed by atoms with Crippen molar-refractivity contribution in [3.05, 3.63) is 60.9 Å². The van der Waals surface area contributed by atoms with Gasteiger partial charge in [-0.25, -0.2) is 0 Å². The molecule has 1 saturated carbocycles. The van der Waals surface area contributed by atoms with Crippen LogP contribution in [0.25, 0.3) is 22.7 Å². The molecular formula is C22H21IN6O3. The van der Waals surface area contributed by atoms with Crippen LogP contribution in [0.1, 0.15) is 42.3 Å². The second kappa shape index (κ2) is 9.25. The Hall–Kier alpha value is -2.99. The van der Waals surface area contributed by atoms with E-state index in [0.29, 0.717) is 28.9 Å². The Labute approximate surface area is 198 Å². The van der Waals surface area contributed by atoms with E-state index in [2.05, 4.69) is 20.5 Å². The molecule has 4 aromatic heterocycles. The van der Waals surface area contributed by atoms with Gasteiger partial charge in [0.15, 0.2) is 5.76 Å². The summed E-state index contributed by atoms with van der Waals surface area (Å²) in [6.45, 7) is 0. The Morgan fingerprint density at radius 2 is 2.09 bits per heavy atom. The van der Waals surface area contributed by atoms with Crippen LogP contribution in [0, 0.1) is 0 Å². The molecule has 0 aromatic carbocycles. The first-order valence-electron chi connectivity index (χ1n) is 10.4. The lowest BCUT2D eigenvalue weighted by atomic mass is 9.93. The van der Waals surface area contributed by atoms with E-state index in [1.165, 1.54) is 0 Å². The second-order valence-electron chi connectivity index (χ2n) is 7.71. The van der Waals surface area contributed by atoms with Crippen LogP contribution in [-0.2, 0) is 3.07 Å². The van der Waals surface area contributed by atoms with E-state index < -0.39 is 0 Å². The van der Waals surface area contributed by atoms with Gasteiger partial charge in [-0.1, -0.05) is 6.07 Å². The average Bonchev–Trinajstić information content (AvgIpc) is 3.60. The van der Waals surface area contributed by atoms with Crippen LogP contribution >= 0.6 is 23.0 Å².